The predicted molar refractivity (Wildman–Crippen MR) is 260 cm³/mol. The van der Waals surface area contributed by atoms with Gasteiger partial charge < -0.3 is 109 Å². The Morgan fingerprint density at radius 2 is 1.20 bits per heavy atom. The van der Waals surface area contributed by atoms with Crippen molar-refractivity contribution in [2.75, 3.05) is 26.4 Å². The third-order valence-electron chi connectivity index (χ3n) is 20.3. The Balaban J connectivity index is 1.03. The van der Waals surface area contributed by atoms with E-state index in [2.05, 4.69) is 40.7 Å². The molecule has 4 aliphatic carbocycles. The lowest BCUT2D eigenvalue weighted by Gasteiger charge is -2.71. The Bertz CT molecular complexity index is 2000. The number of allylic oxidation sites excluding steroid dienone is 2. The average Bonchev–Trinajstić information content (AvgIpc) is 3.76. The van der Waals surface area contributed by atoms with Gasteiger partial charge in [0.1, 0.15) is 91.6 Å². The molecular weight excluding hydrogens is 989 g/mol. The lowest BCUT2D eigenvalue weighted by atomic mass is 9.35. The summed E-state index contributed by atoms with van der Waals surface area (Å²) in [6.45, 7) is 14.5. The Labute approximate surface area is 440 Å². The first kappa shape index (κ1) is 58.5. The van der Waals surface area contributed by atoms with E-state index in [1.165, 1.54) is 0 Å². The quantitative estimate of drug-likeness (QED) is 0.0651. The van der Waals surface area contributed by atoms with Crippen molar-refractivity contribution in [1.82, 2.24) is 0 Å². The van der Waals surface area contributed by atoms with Gasteiger partial charge in [0.15, 0.2) is 25.2 Å². The first-order valence-corrected chi connectivity index (χ1v) is 27.2. The van der Waals surface area contributed by atoms with Crippen LogP contribution in [0.15, 0.2) is 11.6 Å². The smallest absolute Gasteiger partial charge is 0.187 e. The summed E-state index contributed by atoms with van der Waals surface area (Å²) < 4.78 is 58.8. The van der Waals surface area contributed by atoms with Gasteiger partial charge in [-0.1, -0.05) is 46.3 Å². The van der Waals surface area contributed by atoms with Crippen molar-refractivity contribution < 1.29 is 111 Å². The Morgan fingerprint density at radius 3 is 1.84 bits per heavy atom. The molecule has 0 amide bonds. The minimum absolute atomic E-state index is 0.0477. The number of hydrogen-bond acceptors (Lipinski definition) is 22. The van der Waals surface area contributed by atoms with Gasteiger partial charge in [0.05, 0.1) is 45.6 Å². The van der Waals surface area contributed by atoms with Crippen molar-refractivity contribution in [3.05, 3.63) is 11.6 Å². The van der Waals surface area contributed by atoms with Crippen molar-refractivity contribution >= 4 is 0 Å². The van der Waals surface area contributed by atoms with Crippen LogP contribution in [0.1, 0.15) is 115 Å². The molecule has 0 aromatic rings. The first-order valence-electron chi connectivity index (χ1n) is 27.7. The molecule has 0 aromatic carbocycles. The van der Waals surface area contributed by atoms with Gasteiger partial charge in [0.2, 0.25) is 0 Å². The van der Waals surface area contributed by atoms with Gasteiger partial charge in [0.25, 0.3) is 0 Å². The number of hydrogen-bond donors (Lipinski definition) is 14. The van der Waals surface area contributed by atoms with Gasteiger partial charge >= 0.3 is 0 Å². The zero-order valence-electron chi connectivity index (χ0n) is 45.7. The lowest BCUT2D eigenvalue weighted by molar-refractivity contribution is -0.378. The summed E-state index contributed by atoms with van der Waals surface area (Å²) in [6.07, 6.45) is -25.6. The van der Waals surface area contributed by atoms with Crippen LogP contribution in [-0.4, -0.2) is 232 Å². The van der Waals surface area contributed by atoms with E-state index in [0.29, 0.717) is 38.5 Å². The molecule has 4 saturated carbocycles. The van der Waals surface area contributed by atoms with Crippen LogP contribution in [0.25, 0.3) is 0 Å². The van der Waals surface area contributed by atoms with Crippen molar-refractivity contribution in [2.45, 2.75) is 248 Å². The minimum atomic E-state index is -1.98. The maximum absolute atomic E-state index is 13.0. The summed E-state index contributed by atoms with van der Waals surface area (Å²) in [5, 5.41) is 152. The van der Waals surface area contributed by atoms with Gasteiger partial charge in [0, 0.05) is 0 Å². The number of fused-ring (bicyclic) bond motifs is 5. The van der Waals surface area contributed by atoms with Gasteiger partial charge in [-0.15, -0.1) is 0 Å². The highest BCUT2D eigenvalue weighted by molar-refractivity contribution is 5.20. The highest BCUT2D eigenvalue weighted by atomic mass is 16.8. The van der Waals surface area contributed by atoms with Gasteiger partial charge in [-0.05, 0) is 124 Å². The maximum Gasteiger partial charge on any atom is 0.187 e. The maximum atomic E-state index is 13.0. The molecule has 4 aliphatic heterocycles. The Hall–Kier alpha value is -1.14. The highest BCUT2D eigenvalue weighted by Gasteiger charge is 2.72. The molecular formula is C53H90O22. The molecule has 1 unspecified atom stereocenters. The van der Waals surface area contributed by atoms with E-state index in [-0.39, 0.29) is 24.9 Å². The number of rotatable bonds is 15. The SMILES string of the molecule is [3H][C@@]1(O)C[C@@H]2[C@@]3(C)CC[C@H](O[C@@H]4O[C@H](CO)[C@@H](O)[C@H](O)[C@H]4O[C@@H]4O[C@H](CO)[C@@H](O)[C@H](O)[C@H]4O)C(C)(C)C3CC[C@@]2(C)[C@]2(C)CC[C@H]([C@](C)(CCC=C(C)C)O[C@@H]3O[C@H](CO[C@@H]4OC[C@@H](O)[C@@H](O)[C@@H]4O)[C@@H](O)[C@H](O)[C@H]3O)[C@@H]12. The molecule has 8 rings (SSSR count). The van der Waals surface area contributed by atoms with Crippen molar-refractivity contribution in [3.8, 4) is 0 Å². The predicted octanol–water partition coefficient (Wildman–Crippen LogP) is -1.56. The second-order valence-corrected chi connectivity index (χ2v) is 25.1. The zero-order valence-corrected chi connectivity index (χ0v) is 44.7. The second kappa shape index (κ2) is 22.7. The van der Waals surface area contributed by atoms with Gasteiger partial charge in [-0.2, -0.15) is 0 Å². The number of aliphatic hydroxyl groups is 14. The fourth-order valence-electron chi connectivity index (χ4n) is 15.7. The summed E-state index contributed by atoms with van der Waals surface area (Å²) in [4.78, 5) is 0. The molecule has 434 valence electrons. The summed E-state index contributed by atoms with van der Waals surface area (Å²) in [7, 11) is 0. The van der Waals surface area contributed by atoms with Crippen LogP contribution in [0.2, 0.25) is 0 Å². The minimum Gasteiger partial charge on any atom is -0.394 e. The normalized spacial score (nSPS) is 53.9. The van der Waals surface area contributed by atoms with E-state index in [1.54, 1.807) is 0 Å². The molecule has 75 heavy (non-hydrogen) atoms. The molecule has 14 N–H and O–H groups in total. The largest absolute Gasteiger partial charge is 0.394 e. The summed E-state index contributed by atoms with van der Waals surface area (Å²) in [6, 6.07) is 0. The summed E-state index contributed by atoms with van der Waals surface area (Å²) in [5.41, 5.74) is -2.25. The molecule has 0 spiro atoms. The van der Waals surface area contributed by atoms with Crippen LogP contribution in [0.4, 0.5) is 0 Å². The van der Waals surface area contributed by atoms with Crippen molar-refractivity contribution in [1.29, 1.82) is 0 Å². The van der Waals surface area contributed by atoms with Crippen LogP contribution in [0, 0.1) is 45.3 Å². The van der Waals surface area contributed by atoms with E-state index in [1.807, 2.05) is 20.8 Å². The standard InChI is InChI=1S/C53H90O22/c1-23(2)10-9-14-53(8,75-47-43(67)39(63)37(61)29(72-47)22-69-45-41(65)34(58)26(57)21-68-45)24-11-16-52(7)33(24)25(56)18-31-50(5)15-13-32(49(3,4)30(50)12-17-51(31,52)6)73-48-44(40(64)36(60)28(20-55)71-48)74-46-42(66)38(62)35(59)27(19-54)70-46/h10,24-48,54-67H,9,11-22H2,1-8H3/t24-,25+,26+,27+,28+,29+,30?,31+,32-,33-,34+,35+,36+,37+,38-,39-,40-,41-,42+,43+,44+,45-,46-,47-,48-,50-,51+,52+,53-/m0/s1/i25T. The fourth-order valence-corrected chi connectivity index (χ4v) is 15.7. The topological polar surface area (TPSA) is 357 Å². The molecule has 0 bridgehead atoms. The monoisotopic (exact) mass is 1080 g/mol. The van der Waals surface area contributed by atoms with E-state index in [9.17, 15) is 72.9 Å². The van der Waals surface area contributed by atoms with Crippen molar-refractivity contribution in [3.63, 3.8) is 0 Å². The Morgan fingerprint density at radius 1 is 0.627 bits per heavy atom. The van der Waals surface area contributed by atoms with Crippen molar-refractivity contribution in [2.24, 2.45) is 45.3 Å². The van der Waals surface area contributed by atoms with Crippen LogP contribution in [-0.2, 0) is 37.9 Å². The van der Waals surface area contributed by atoms with Crippen LogP contribution < -0.4 is 0 Å². The van der Waals surface area contributed by atoms with Crippen LogP contribution in [0.3, 0.4) is 0 Å². The van der Waals surface area contributed by atoms with Gasteiger partial charge in [-0.25, -0.2) is 0 Å². The molecule has 29 atom stereocenters. The number of aliphatic hydroxyl groups excluding tert-OH is 13. The second-order valence-electron chi connectivity index (χ2n) is 25.1. The molecule has 22 heteroatoms. The molecule has 0 radical (unpaired) electrons. The average molecular weight is 1080 g/mol. The zero-order chi connectivity index (χ0) is 56.0. The summed E-state index contributed by atoms with van der Waals surface area (Å²) >= 11 is 0. The van der Waals surface area contributed by atoms with E-state index in [4.69, 9.17) is 37.9 Å². The van der Waals surface area contributed by atoms with E-state index < -0.39 is 188 Å². The third-order valence-corrected chi connectivity index (χ3v) is 20.3. The molecule has 0 aromatic heterocycles. The molecule has 8 fully saturated rings. The fraction of sp³-hybridized carbons (Fsp3) is 0.962. The van der Waals surface area contributed by atoms with Crippen LogP contribution >= 0.6 is 0 Å². The van der Waals surface area contributed by atoms with Gasteiger partial charge in [-0.3, -0.25) is 0 Å². The molecule has 4 heterocycles. The number of ether oxygens (including phenoxy) is 8. The first-order chi connectivity index (χ1) is 35.4. The van der Waals surface area contributed by atoms with E-state index >= 15 is 0 Å². The highest BCUT2D eigenvalue weighted by Crippen LogP contribution is 2.76. The lowest BCUT2D eigenvalue weighted by Crippen LogP contribution is -2.68. The molecule has 22 nitrogen and oxygen atoms in total. The summed E-state index contributed by atoms with van der Waals surface area (Å²) in [5.74, 6) is -1.32. The van der Waals surface area contributed by atoms with Crippen LogP contribution in [0.5, 0.6) is 0 Å². The van der Waals surface area contributed by atoms with E-state index in [0.717, 1.165) is 18.4 Å². The molecule has 8 aliphatic rings. The molecule has 4 saturated heterocycles. The Kier molecular flexibility index (Phi) is 17.7. The third kappa shape index (κ3) is 10.6.